The van der Waals surface area contributed by atoms with Gasteiger partial charge in [-0.05, 0) is 38.9 Å². The lowest BCUT2D eigenvalue weighted by Gasteiger charge is -2.31. The Kier molecular flexibility index (Phi) is 5.24. The minimum absolute atomic E-state index is 0.122. The summed E-state index contributed by atoms with van der Waals surface area (Å²) < 4.78 is 17.8. The van der Waals surface area contributed by atoms with Gasteiger partial charge in [0, 0.05) is 24.6 Å². The van der Waals surface area contributed by atoms with Crippen LogP contribution in [0, 0.1) is 5.82 Å². The van der Waals surface area contributed by atoms with E-state index < -0.39 is 0 Å². The zero-order valence-electron chi connectivity index (χ0n) is 15.5. The molecule has 142 valence electrons. The molecule has 3 heterocycles. The summed E-state index contributed by atoms with van der Waals surface area (Å²) in [5.74, 6) is 2.23. The van der Waals surface area contributed by atoms with Crippen LogP contribution in [-0.2, 0) is 19.6 Å². The van der Waals surface area contributed by atoms with Crippen molar-refractivity contribution < 1.29 is 4.39 Å². The maximum absolute atomic E-state index is 13.9. The van der Waals surface area contributed by atoms with Crippen molar-refractivity contribution in [1.29, 1.82) is 0 Å². The van der Waals surface area contributed by atoms with E-state index in [1.165, 1.54) is 12.4 Å². The first-order chi connectivity index (χ1) is 13.2. The van der Waals surface area contributed by atoms with Crippen LogP contribution in [0.3, 0.4) is 0 Å². The summed E-state index contributed by atoms with van der Waals surface area (Å²) >= 11 is 0. The van der Waals surface area contributed by atoms with Crippen molar-refractivity contribution in [3.8, 4) is 0 Å². The topological polar surface area (TPSA) is 64.7 Å². The van der Waals surface area contributed by atoms with E-state index in [2.05, 4.69) is 36.7 Å². The molecule has 7 nitrogen and oxygen atoms in total. The second kappa shape index (κ2) is 7.96. The number of rotatable bonds is 6. The molecule has 0 bridgehead atoms. The van der Waals surface area contributed by atoms with Gasteiger partial charge in [0.15, 0.2) is 5.82 Å². The zero-order valence-corrected chi connectivity index (χ0v) is 15.5. The smallest absolute Gasteiger partial charge is 0.154 e. The van der Waals surface area contributed by atoms with Crippen LogP contribution in [0.5, 0.6) is 0 Å². The molecule has 1 saturated heterocycles. The molecule has 4 rings (SSSR count). The van der Waals surface area contributed by atoms with E-state index in [0.29, 0.717) is 19.0 Å². The molecule has 1 aliphatic rings. The summed E-state index contributed by atoms with van der Waals surface area (Å²) in [5, 5.41) is 13.0. The van der Waals surface area contributed by atoms with Crippen LogP contribution in [-0.4, -0.2) is 47.5 Å². The van der Waals surface area contributed by atoms with Crippen molar-refractivity contribution in [3.63, 3.8) is 0 Å². The van der Waals surface area contributed by atoms with E-state index in [4.69, 9.17) is 0 Å². The molecule has 27 heavy (non-hydrogen) atoms. The van der Waals surface area contributed by atoms with Crippen molar-refractivity contribution in [2.75, 3.05) is 13.1 Å². The van der Waals surface area contributed by atoms with E-state index >= 15 is 0 Å². The first-order valence-electron chi connectivity index (χ1n) is 9.44. The number of piperidine rings is 1. The van der Waals surface area contributed by atoms with Gasteiger partial charge in [0.1, 0.15) is 30.8 Å². The lowest BCUT2D eigenvalue weighted by molar-refractivity contribution is 0.198. The molecule has 1 aliphatic heterocycles. The Hall–Kier alpha value is -2.61. The zero-order chi connectivity index (χ0) is 18.6. The van der Waals surface area contributed by atoms with Crippen molar-refractivity contribution in [2.24, 2.45) is 0 Å². The lowest BCUT2D eigenvalue weighted by Crippen LogP contribution is -2.33. The third kappa shape index (κ3) is 3.90. The first-order valence-corrected chi connectivity index (χ1v) is 9.44. The highest BCUT2D eigenvalue weighted by Crippen LogP contribution is 2.28. The minimum atomic E-state index is -0.122. The Bertz CT molecular complexity index is 866. The van der Waals surface area contributed by atoms with Crippen LogP contribution in [0.1, 0.15) is 42.9 Å². The SMILES string of the molecule is CCn1c(Cn2cncn2)nnc1C1CCN(Cc2ccccc2F)CC1. The highest BCUT2D eigenvalue weighted by Gasteiger charge is 2.26. The highest BCUT2D eigenvalue weighted by molar-refractivity contribution is 5.17. The Labute approximate surface area is 157 Å². The maximum Gasteiger partial charge on any atom is 0.154 e. The standard InChI is InChI=1S/C19H24FN7/c1-2-27-18(12-26-14-21-13-22-26)23-24-19(27)15-7-9-25(10-8-15)11-16-5-3-4-6-17(16)20/h3-6,13-15H,2,7-12H2,1H3. The largest absolute Gasteiger partial charge is 0.313 e. The summed E-state index contributed by atoms with van der Waals surface area (Å²) in [6, 6.07) is 7.03. The quantitative estimate of drug-likeness (QED) is 0.668. The molecular formula is C19H24FN7. The molecule has 0 saturated carbocycles. The molecule has 2 aromatic heterocycles. The van der Waals surface area contributed by atoms with E-state index in [1.54, 1.807) is 17.1 Å². The number of likely N-dealkylation sites (tertiary alicyclic amines) is 1. The second-order valence-electron chi connectivity index (χ2n) is 6.95. The van der Waals surface area contributed by atoms with E-state index in [9.17, 15) is 4.39 Å². The van der Waals surface area contributed by atoms with Crippen molar-refractivity contribution in [1.82, 2.24) is 34.4 Å². The van der Waals surface area contributed by atoms with E-state index in [-0.39, 0.29) is 5.82 Å². The lowest BCUT2D eigenvalue weighted by atomic mass is 9.95. The first kappa shape index (κ1) is 17.8. The molecule has 0 aliphatic carbocycles. The van der Waals surface area contributed by atoms with Gasteiger partial charge in [0.25, 0.3) is 0 Å². The molecular weight excluding hydrogens is 345 g/mol. The van der Waals surface area contributed by atoms with E-state index in [0.717, 1.165) is 49.7 Å². The summed E-state index contributed by atoms with van der Waals surface area (Å²) in [4.78, 5) is 6.30. The van der Waals surface area contributed by atoms with Gasteiger partial charge < -0.3 is 4.57 Å². The average molecular weight is 369 g/mol. The predicted octanol–water partition coefficient (Wildman–Crippen LogP) is 2.46. The molecule has 0 amide bonds. The van der Waals surface area contributed by atoms with Gasteiger partial charge in [-0.3, -0.25) is 4.90 Å². The summed E-state index contributed by atoms with van der Waals surface area (Å²) in [7, 11) is 0. The van der Waals surface area contributed by atoms with Gasteiger partial charge >= 0.3 is 0 Å². The molecule has 3 aromatic rings. The van der Waals surface area contributed by atoms with Gasteiger partial charge in [-0.2, -0.15) is 5.10 Å². The van der Waals surface area contributed by atoms with Crippen LogP contribution in [0.4, 0.5) is 4.39 Å². The second-order valence-corrected chi connectivity index (χ2v) is 6.95. The third-order valence-corrected chi connectivity index (χ3v) is 5.25. The highest BCUT2D eigenvalue weighted by atomic mass is 19.1. The maximum atomic E-state index is 13.9. The molecule has 0 radical (unpaired) electrons. The number of hydrogen-bond acceptors (Lipinski definition) is 5. The van der Waals surface area contributed by atoms with Gasteiger partial charge in [-0.15, -0.1) is 10.2 Å². The predicted molar refractivity (Wildman–Crippen MR) is 98.5 cm³/mol. The summed E-state index contributed by atoms with van der Waals surface area (Å²) in [5.41, 5.74) is 0.766. The molecule has 0 spiro atoms. The molecule has 0 atom stereocenters. The normalized spacial score (nSPS) is 16.1. The van der Waals surface area contributed by atoms with Crippen LogP contribution in [0.25, 0.3) is 0 Å². The van der Waals surface area contributed by atoms with Crippen LogP contribution in [0.2, 0.25) is 0 Å². The number of nitrogens with zero attached hydrogens (tertiary/aromatic N) is 7. The van der Waals surface area contributed by atoms with Crippen LogP contribution < -0.4 is 0 Å². The Balaban J connectivity index is 1.41. The molecule has 1 fully saturated rings. The Morgan fingerprint density at radius 2 is 1.93 bits per heavy atom. The number of aromatic nitrogens is 6. The average Bonchev–Trinajstić information content (AvgIpc) is 3.34. The van der Waals surface area contributed by atoms with Gasteiger partial charge in [0.2, 0.25) is 0 Å². The molecule has 1 aromatic carbocycles. The van der Waals surface area contributed by atoms with Crippen LogP contribution >= 0.6 is 0 Å². The monoisotopic (exact) mass is 369 g/mol. The fraction of sp³-hybridized carbons (Fsp3) is 0.474. The summed E-state index contributed by atoms with van der Waals surface area (Å²) in [6.45, 7) is 6.07. The minimum Gasteiger partial charge on any atom is -0.313 e. The van der Waals surface area contributed by atoms with E-state index in [1.807, 2.05) is 12.1 Å². The number of benzene rings is 1. The third-order valence-electron chi connectivity index (χ3n) is 5.25. The summed E-state index contributed by atoms with van der Waals surface area (Å²) in [6.07, 6.45) is 5.24. The Morgan fingerprint density at radius 1 is 1.11 bits per heavy atom. The fourth-order valence-corrected chi connectivity index (χ4v) is 3.79. The van der Waals surface area contributed by atoms with Gasteiger partial charge in [0.05, 0.1) is 0 Å². The fourth-order valence-electron chi connectivity index (χ4n) is 3.79. The van der Waals surface area contributed by atoms with Crippen molar-refractivity contribution >= 4 is 0 Å². The molecule has 8 heteroatoms. The van der Waals surface area contributed by atoms with Gasteiger partial charge in [-0.1, -0.05) is 18.2 Å². The molecule has 0 N–H and O–H groups in total. The Morgan fingerprint density at radius 3 is 2.63 bits per heavy atom. The number of hydrogen-bond donors (Lipinski definition) is 0. The number of halogens is 1. The van der Waals surface area contributed by atoms with Crippen molar-refractivity contribution in [2.45, 2.75) is 45.3 Å². The van der Waals surface area contributed by atoms with Crippen LogP contribution in [0.15, 0.2) is 36.9 Å². The van der Waals surface area contributed by atoms with Gasteiger partial charge in [-0.25, -0.2) is 14.1 Å². The molecule has 0 unspecified atom stereocenters. The van der Waals surface area contributed by atoms with Crippen molar-refractivity contribution in [3.05, 3.63) is 59.9 Å².